The molecule has 8 heteroatoms. The van der Waals surface area contributed by atoms with E-state index >= 15 is 0 Å². The Hall–Kier alpha value is -3.35. The summed E-state index contributed by atoms with van der Waals surface area (Å²) in [5.74, 6) is -0.263. The van der Waals surface area contributed by atoms with E-state index < -0.39 is 11.8 Å². The first-order valence-corrected chi connectivity index (χ1v) is 10.7. The number of ether oxygens (including phenoxy) is 1. The van der Waals surface area contributed by atoms with Crippen LogP contribution in [0.1, 0.15) is 18.1 Å². The van der Waals surface area contributed by atoms with Crippen molar-refractivity contribution in [2.24, 2.45) is 0 Å². The Morgan fingerprint density at radius 3 is 2.59 bits per heavy atom. The number of rotatable bonds is 7. The molecule has 0 atom stereocenters. The fourth-order valence-electron chi connectivity index (χ4n) is 3.43. The van der Waals surface area contributed by atoms with Crippen molar-refractivity contribution in [3.8, 4) is 5.75 Å². The van der Waals surface area contributed by atoms with Crippen LogP contribution < -0.4 is 10.1 Å². The van der Waals surface area contributed by atoms with Crippen molar-refractivity contribution in [2.45, 2.75) is 13.5 Å². The van der Waals surface area contributed by atoms with Crippen molar-refractivity contribution < 1.29 is 14.3 Å². The smallest absolute Gasteiger partial charge is 0.278 e. The topological polar surface area (TPSA) is 71.5 Å². The molecule has 0 saturated heterocycles. The van der Waals surface area contributed by atoms with Gasteiger partial charge in [0.25, 0.3) is 11.8 Å². The van der Waals surface area contributed by atoms with Gasteiger partial charge < -0.3 is 10.1 Å². The van der Waals surface area contributed by atoms with Crippen LogP contribution in [0.2, 0.25) is 10.0 Å². The van der Waals surface area contributed by atoms with Crippen molar-refractivity contribution in [1.82, 2.24) is 9.88 Å². The number of nitrogens with zero attached hydrogens (tertiary/aromatic N) is 2. The van der Waals surface area contributed by atoms with Gasteiger partial charge in [-0.2, -0.15) is 0 Å². The molecule has 0 unspecified atom stereocenters. The zero-order chi connectivity index (χ0) is 22.7. The van der Waals surface area contributed by atoms with Gasteiger partial charge in [-0.3, -0.25) is 19.5 Å². The van der Waals surface area contributed by atoms with Crippen LogP contribution in [0.3, 0.4) is 0 Å². The van der Waals surface area contributed by atoms with Crippen molar-refractivity contribution >= 4 is 46.3 Å². The molecule has 2 aromatic carbocycles. The predicted octanol–water partition coefficient (Wildman–Crippen LogP) is 5.18. The molecule has 32 heavy (non-hydrogen) atoms. The van der Waals surface area contributed by atoms with E-state index in [-0.39, 0.29) is 22.8 Å². The van der Waals surface area contributed by atoms with Crippen molar-refractivity contribution in [3.05, 3.63) is 93.9 Å². The molecule has 0 aliphatic carbocycles. The molecular weight excluding hydrogens is 449 g/mol. The zero-order valence-electron chi connectivity index (χ0n) is 17.1. The third-order valence-corrected chi connectivity index (χ3v) is 5.39. The van der Waals surface area contributed by atoms with Crippen LogP contribution in [0.5, 0.6) is 5.75 Å². The van der Waals surface area contributed by atoms with Crippen molar-refractivity contribution in [2.75, 3.05) is 11.9 Å². The van der Waals surface area contributed by atoms with Gasteiger partial charge in [0.15, 0.2) is 0 Å². The minimum Gasteiger partial charge on any atom is -0.494 e. The van der Waals surface area contributed by atoms with Gasteiger partial charge in [0.2, 0.25) is 0 Å². The molecule has 0 spiro atoms. The van der Waals surface area contributed by atoms with E-state index in [9.17, 15) is 9.59 Å². The van der Waals surface area contributed by atoms with Gasteiger partial charge in [0.05, 0.1) is 23.7 Å². The molecule has 2 amide bonds. The van der Waals surface area contributed by atoms with Crippen molar-refractivity contribution in [3.63, 3.8) is 0 Å². The summed E-state index contributed by atoms with van der Waals surface area (Å²) in [5.41, 5.74) is 2.08. The molecule has 6 nitrogen and oxygen atoms in total. The standard InChI is InChI=1S/C24H19Cl2N3O3/c1-2-32-18-7-3-6-17(12-18)28-22-21(19-9-8-16(25)11-20(19)26)23(30)29(24(22)31)14-15-5-4-10-27-13-15/h3-13,28H,2,14H2,1H3. The van der Waals surface area contributed by atoms with E-state index in [2.05, 4.69) is 10.3 Å². The second-order valence-corrected chi connectivity index (χ2v) is 7.86. The average molecular weight is 468 g/mol. The summed E-state index contributed by atoms with van der Waals surface area (Å²) in [5, 5.41) is 3.82. The number of amides is 2. The number of halogens is 2. The number of benzene rings is 2. The fraction of sp³-hybridized carbons (Fsp3) is 0.125. The Balaban J connectivity index is 1.76. The second-order valence-electron chi connectivity index (χ2n) is 7.02. The highest BCUT2D eigenvalue weighted by Crippen LogP contribution is 2.36. The van der Waals surface area contributed by atoms with Crippen LogP contribution in [-0.4, -0.2) is 28.3 Å². The Bertz CT molecular complexity index is 1210. The highest BCUT2D eigenvalue weighted by Gasteiger charge is 2.40. The molecule has 0 radical (unpaired) electrons. The molecule has 1 N–H and O–H groups in total. The first-order chi connectivity index (χ1) is 15.5. The van der Waals surface area contributed by atoms with E-state index in [1.54, 1.807) is 60.9 Å². The number of nitrogens with one attached hydrogen (secondary N) is 1. The Morgan fingerprint density at radius 2 is 1.88 bits per heavy atom. The normalized spacial score (nSPS) is 13.7. The largest absolute Gasteiger partial charge is 0.494 e. The van der Waals surface area contributed by atoms with Gasteiger partial charge in [-0.05, 0) is 42.8 Å². The van der Waals surface area contributed by atoms with Crippen LogP contribution in [0.4, 0.5) is 5.69 Å². The highest BCUT2D eigenvalue weighted by atomic mass is 35.5. The minimum atomic E-state index is -0.457. The van der Waals surface area contributed by atoms with E-state index in [4.69, 9.17) is 27.9 Å². The number of carbonyl (C=O) groups is 2. The summed E-state index contributed by atoms with van der Waals surface area (Å²) in [6, 6.07) is 15.5. The van der Waals surface area contributed by atoms with Crippen LogP contribution in [0.25, 0.3) is 5.57 Å². The van der Waals surface area contributed by atoms with Gasteiger partial charge in [0.1, 0.15) is 11.4 Å². The van der Waals surface area contributed by atoms with Crippen LogP contribution in [-0.2, 0) is 16.1 Å². The molecule has 0 fully saturated rings. The maximum Gasteiger partial charge on any atom is 0.278 e. The maximum absolute atomic E-state index is 13.4. The lowest BCUT2D eigenvalue weighted by Crippen LogP contribution is -2.32. The SMILES string of the molecule is CCOc1cccc(NC2=C(c3ccc(Cl)cc3Cl)C(=O)N(Cc3cccnc3)C2=O)c1. The van der Waals surface area contributed by atoms with Crippen LogP contribution >= 0.6 is 23.2 Å². The molecule has 1 aliphatic heterocycles. The summed E-state index contributed by atoms with van der Waals surface area (Å²) in [6.45, 7) is 2.48. The number of carbonyl (C=O) groups excluding carboxylic acids is 2. The number of hydrogen-bond donors (Lipinski definition) is 1. The number of imide groups is 1. The van der Waals surface area contributed by atoms with Crippen LogP contribution in [0.15, 0.2) is 72.7 Å². The van der Waals surface area contributed by atoms with Gasteiger partial charge in [-0.25, -0.2) is 0 Å². The summed E-state index contributed by atoms with van der Waals surface area (Å²) >= 11 is 12.4. The Kier molecular flexibility index (Phi) is 6.44. The molecular formula is C24H19Cl2N3O3. The number of aromatic nitrogens is 1. The molecule has 0 saturated carbocycles. The van der Waals surface area contributed by atoms with E-state index in [1.807, 2.05) is 13.0 Å². The first kappa shape index (κ1) is 21.9. The van der Waals surface area contributed by atoms with E-state index in [1.165, 1.54) is 4.90 Å². The van der Waals surface area contributed by atoms with Gasteiger partial charge in [-0.1, -0.05) is 41.4 Å². The molecule has 162 valence electrons. The molecule has 1 aromatic heterocycles. The lowest BCUT2D eigenvalue weighted by Gasteiger charge is -2.15. The lowest BCUT2D eigenvalue weighted by molar-refractivity contribution is -0.137. The van der Waals surface area contributed by atoms with Crippen molar-refractivity contribution in [1.29, 1.82) is 0 Å². The third-order valence-electron chi connectivity index (χ3n) is 4.85. The minimum absolute atomic E-state index is 0.0877. The Morgan fingerprint density at radius 1 is 1.03 bits per heavy atom. The quantitative estimate of drug-likeness (QED) is 0.484. The number of pyridine rings is 1. The zero-order valence-corrected chi connectivity index (χ0v) is 18.7. The van der Waals surface area contributed by atoms with Gasteiger partial charge in [-0.15, -0.1) is 0 Å². The molecule has 4 rings (SSSR count). The summed E-state index contributed by atoms with van der Waals surface area (Å²) in [6.07, 6.45) is 3.25. The second kappa shape index (κ2) is 9.42. The summed E-state index contributed by atoms with van der Waals surface area (Å²) < 4.78 is 5.54. The fourth-order valence-corrected chi connectivity index (χ4v) is 3.93. The van der Waals surface area contributed by atoms with Gasteiger partial charge >= 0.3 is 0 Å². The molecule has 1 aliphatic rings. The van der Waals surface area contributed by atoms with E-state index in [0.717, 1.165) is 5.56 Å². The lowest BCUT2D eigenvalue weighted by atomic mass is 10.0. The summed E-state index contributed by atoms with van der Waals surface area (Å²) in [4.78, 5) is 32.0. The third kappa shape index (κ3) is 4.47. The van der Waals surface area contributed by atoms with E-state index in [0.29, 0.717) is 28.6 Å². The van der Waals surface area contributed by atoms with Gasteiger partial charge in [0, 0.05) is 34.7 Å². The number of anilines is 1. The molecule has 0 bridgehead atoms. The average Bonchev–Trinajstić information content (AvgIpc) is 2.99. The molecule has 3 aromatic rings. The predicted molar refractivity (Wildman–Crippen MR) is 124 cm³/mol. The monoisotopic (exact) mass is 467 g/mol. The highest BCUT2D eigenvalue weighted by molar-refractivity contribution is 6.41. The van der Waals surface area contributed by atoms with Crippen LogP contribution in [0, 0.1) is 0 Å². The summed E-state index contributed by atoms with van der Waals surface area (Å²) in [7, 11) is 0. The maximum atomic E-state index is 13.4. The molecule has 2 heterocycles. The Labute approximate surface area is 195 Å². The first-order valence-electron chi connectivity index (χ1n) is 9.92. The number of hydrogen-bond acceptors (Lipinski definition) is 5.